The lowest BCUT2D eigenvalue weighted by molar-refractivity contribution is 0.0951. The fourth-order valence-corrected chi connectivity index (χ4v) is 4.00. The minimum absolute atomic E-state index is 0.0554. The molecule has 2 heterocycles. The summed E-state index contributed by atoms with van der Waals surface area (Å²) in [6.07, 6.45) is 8.40. The van der Waals surface area contributed by atoms with Gasteiger partial charge >= 0.3 is 0 Å². The van der Waals surface area contributed by atoms with Gasteiger partial charge in [0.1, 0.15) is 0 Å². The minimum atomic E-state index is -0.0554. The first kappa shape index (κ1) is 16.8. The van der Waals surface area contributed by atoms with Crippen LogP contribution >= 0.6 is 0 Å². The molecular formula is C23H22N4O. The number of H-pyrrole nitrogens is 1. The summed E-state index contributed by atoms with van der Waals surface area (Å²) < 4.78 is 1.82. The van der Waals surface area contributed by atoms with E-state index >= 15 is 0 Å². The molecular weight excluding hydrogens is 348 g/mol. The normalized spacial score (nSPS) is 13.4. The highest BCUT2D eigenvalue weighted by molar-refractivity contribution is 5.99. The number of carbonyl (C=O) groups excluding carboxylic acids is 1. The molecule has 2 aromatic carbocycles. The van der Waals surface area contributed by atoms with Crippen LogP contribution in [-0.4, -0.2) is 20.7 Å². The van der Waals surface area contributed by atoms with Crippen molar-refractivity contribution in [3.8, 4) is 5.69 Å². The lowest BCUT2D eigenvalue weighted by Crippen LogP contribution is -2.22. The molecule has 0 atom stereocenters. The van der Waals surface area contributed by atoms with Crippen molar-refractivity contribution in [2.45, 2.75) is 32.2 Å². The van der Waals surface area contributed by atoms with Gasteiger partial charge < -0.3 is 10.3 Å². The fraction of sp³-hybridized carbons (Fsp3) is 0.217. The zero-order valence-electron chi connectivity index (χ0n) is 15.6. The molecule has 5 nitrogen and oxygen atoms in total. The van der Waals surface area contributed by atoms with Crippen LogP contribution in [0.15, 0.2) is 60.9 Å². The summed E-state index contributed by atoms with van der Waals surface area (Å²) in [6.45, 7) is 0.453. The third-order valence-corrected chi connectivity index (χ3v) is 5.47. The molecule has 0 fully saturated rings. The topological polar surface area (TPSA) is 62.7 Å². The van der Waals surface area contributed by atoms with Gasteiger partial charge in [-0.1, -0.05) is 18.2 Å². The van der Waals surface area contributed by atoms with Gasteiger partial charge in [-0.2, -0.15) is 5.10 Å². The summed E-state index contributed by atoms with van der Waals surface area (Å²) in [4.78, 5) is 16.2. The van der Waals surface area contributed by atoms with Crippen molar-refractivity contribution in [3.63, 3.8) is 0 Å². The van der Waals surface area contributed by atoms with Crippen molar-refractivity contribution in [2.75, 3.05) is 0 Å². The lowest BCUT2D eigenvalue weighted by atomic mass is 9.95. The van der Waals surface area contributed by atoms with E-state index in [1.807, 2.05) is 59.4 Å². The van der Waals surface area contributed by atoms with Crippen LogP contribution in [-0.2, 0) is 19.4 Å². The summed E-state index contributed by atoms with van der Waals surface area (Å²) in [5, 5.41) is 8.59. The van der Waals surface area contributed by atoms with E-state index in [-0.39, 0.29) is 5.91 Å². The Morgan fingerprint density at radius 3 is 2.86 bits per heavy atom. The third-order valence-electron chi connectivity index (χ3n) is 5.47. The van der Waals surface area contributed by atoms with Crippen molar-refractivity contribution >= 4 is 16.8 Å². The Bertz CT molecular complexity index is 1140. The van der Waals surface area contributed by atoms with E-state index in [0.29, 0.717) is 12.1 Å². The van der Waals surface area contributed by atoms with E-state index < -0.39 is 0 Å². The van der Waals surface area contributed by atoms with Gasteiger partial charge in [-0.25, -0.2) is 4.68 Å². The molecule has 4 aromatic rings. The number of aryl methyl sites for hydroxylation is 2. The number of aromatic amines is 1. The minimum Gasteiger partial charge on any atom is -0.358 e. The number of carbonyl (C=O) groups is 1. The van der Waals surface area contributed by atoms with Gasteiger partial charge in [-0.05, 0) is 61.6 Å². The van der Waals surface area contributed by atoms with Gasteiger partial charge in [-0.15, -0.1) is 0 Å². The average Bonchev–Trinajstić information content (AvgIpc) is 3.37. The maximum absolute atomic E-state index is 12.7. The van der Waals surface area contributed by atoms with Crippen LogP contribution < -0.4 is 5.32 Å². The Labute approximate surface area is 163 Å². The maximum atomic E-state index is 12.7. The van der Waals surface area contributed by atoms with Crippen LogP contribution in [0.5, 0.6) is 0 Å². The van der Waals surface area contributed by atoms with E-state index in [1.165, 1.54) is 29.5 Å². The first-order chi connectivity index (χ1) is 13.8. The quantitative estimate of drug-likeness (QED) is 0.566. The van der Waals surface area contributed by atoms with Crippen molar-refractivity contribution in [2.24, 2.45) is 0 Å². The number of hydrogen-bond donors (Lipinski definition) is 2. The van der Waals surface area contributed by atoms with Crippen molar-refractivity contribution in [3.05, 3.63) is 83.3 Å². The highest BCUT2D eigenvalue weighted by Gasteiger charge is 2.16. The highest BCUT2D eigenvalue weighted by atomic mass is 16.1. The first-order valence-corrected chi connectivity index (χ1v) is 9.78. The Hall–Kier alpha value is -3.34. The number of nitrogens with zero attached hydrogens (tertiary/aromatic N) is 2. The number of amides is 1. The summed E-state index contributed by atoms with van der Waals surface area (Å²) >= 11 is 0. The molecule has 28 heavy (non-hydrogen) atoms. The molecule has 0 saturated carbocycles. The van der Waals surface area contributed by atoms with Gasteiger partial charge in [0.25, 0.3) is 5.91 Å². The molecule has 0 bridgehead atoms. The summed E-state index contributed by atoms with van der Waals surface area (Å²) in [7, 11) is 0. The Kier molecular flexibility index (Phi) is 4.20. The van der Waals surface area contributed by atoms with Crippen LogP contribution in [0.25, 0.3) is 16.6 Å². The molecule has 0 unspecified atom stereocenters. The number of fused-ring (bicyclic) bond motifs is 3. The number of hydrogen-bond acceptors (Lipinski definition) is 2. The highest BCUT2D eigenvalue weighted by Crippen LogP contribution is 2.29. The molecule has 0 saturated heterocycles. The molecule has 1 aliphatic carbocycles. The maximum Gasteiger partial charge on any atom is 0.251 e. The molecule has 140 valence electrons. The van der Waals surface area contributed by atoms with E-state index in [1.54, 1.807) is 6.20 Å². The number of nitrogens with one attached hydrogen (secondary N) is 2. The SMILES string of the molecule is O=C(NCc1cnn(-c2ccccc2)c1)c1ccc2[nH]c3c(c2c1)CCCC3. The van der Waals surface area contributed by atoms with Crippen LogP contribution in [0.1, 0.15) is 40.0 Å². The lowest BCUT2D eigenvalue weighted by Gasteiger charge is -2.10. The second-order valence-corrected chi connectivity index (χ2v) is 7.36. The Balaban J connectivity index is 1.31. The monoisotopic (exact) mass is 370 g/mol. The van der Waals surface area contributed by atoms with Crippen LogP contribution in [0.4, 0.5) is 0 Å². The van der Waals surface area contributed by atoms with E-state index in [0.717, 1.165) is 29.6 Å². The predicted octanol–water partition coefficient (Wildman–Crippen LogP) is 4.16. The summed E-state index contributed by atoms with van der Waals surface area (Å²) in [5.41, 5.74) is 6.54. The van der Waals surface area contributed by atoms with E-state index in [2.05, 4.69) is 15.4 Å². The molecule has 0 spiro atoms. The summed E-state index contributed by atoms with van der Waals surface area (Å²) in [6, 6.07) is 15.9. The van der Waals surface area contributed by atoms with Gasteiger partial charge in [0.15, 0.2) is 0 Å². The molecule has 2 N–H and O–H groups in total. The van der Waals surface area contributed by atoms with Crippen LogP contribution in [0.3, 0.4) is 0 Å². The first-order valence-electron chi connectivity index (χ1n) is 9.78. The standard InChI is InChI=1S/C23H22N4O/c28-23(24-13-16-14-25-27(15-16)18-6-2-1-3-7-18)17-10-11-22-20(12-17)19-8-4-5-9-21(19)26-22/h1-3,6-7,10-12,14-15,26H,4-5,8-9,13H2,(H,24,28). The van der Waals surface area contributed by atoms with Gasteiger partial charge in [-0.3, -0.25) is 4.79 Å². The van der Waals surface area contributed by atoms with Gasteiger partial charge in [0, 0.05) is 40.5 Å². The van der Waals surface area contributed by atoms with Gasteiger partial charge in [0.2, 0.25) is 0 Å². The van der Waals surface area contributed by atoms with Crippen molar-refractivity contribution < 1.29 is 4.79 Å². The largest absolute Gasteiger partial charge is 0.358 e. The number of benzene rings is 2. The van der Waals surface area contributed by atoms with E-state index in [9.17, 15) is 4.79 Å². The predicted molar refractivity (Wildman–Crippen MR) is 110 cm³/mol. The second kappa shape index (κ2) is 7.00. The second-order valence-electron chi connectivity index (χ2n) is 7.36. The molecule has 1 aliphatic rings. The number of aromatic nitrogens is 3. The van der Waals surface area contributed by atoms with E-state index in [4.69, 9.17) is 0 Å². The fourth-order valence-electron chi connectivity index (χ4n) is 4.00. The smallest absolute Gasteiger partial charge is 0.251 e. The molecule has 0 aliphatic heterocycles. The van der Waals surface area contributed by atoms with Crippen LogP contribution in [0, 0.1) is 0 Å². The Morgan fingerprint density at radius 2 is 1.96 bits per heavy atom. The molecule has 5 heteroatoms. The average molecular weight is 370 g/mol. The molecule has 2 aromatic heterocycles. The van der Waals surface area contributed by atoms with Crippen molar-refractivity contribution in [1.82, 2.24) is 20.1 Å². The molecule has 0 radical (unpaired) electrons. The zero-order valence-corrected chi connectivity index (χ0v) is 15.6. The van der Waals surface area contributed by atoms with Crippen molar-refractivity contribution in [1.29, 1.82) is 0 Å². The summed E-state index contributed by atoms with van der Waals surface area (Å²) in [5.74, 6) is -0.0554. The molecule has 1 amide bonds. The zero-order chi connectivity index (χ0) is 18.9. The van der Waals surface area contributed by atoms with Crippen LogP contribution in [0.2, 0.25) is 0 Å². The third kappa shape index (κ3) is 3.09. The van der Waals surface area contributed by atoms with Gasteiger partial charge in [0.05, 0.1) is 11.9 Å². The number of rotatable bonds is 4. The Morgan fingerprint density at radius 1 is 1.11 bits per heavy atom. The number of para-hydroxylation sites is 1. The molecule has 5 rings (SSSR count).